The average Bonchev–Trinajstić information content (AvgIpc) is 3.13. The maximum Gasteiger partial charge on any atom is 0.288 e. The Morgan fingerprint density at radius 1 is 1.21 bits per heavy atom. The third kappa shape index (κ3) is 3.28. The minimum atomic E-state index is -0.738. The predicted molar refractivity (Wildman–Crippen MR) is 100 cm³/mol. The molecule has 29 heavy (non-hydrogen) atoms. The highest BCUT2D eigenvalue weighted by Gasteiger charge is 2.31. The van der Waals surface area contributed by atoms with Crippen LogP contribution in [0.15, 0.2) is 29.2 Å². The van der Waals surface area contributed by atoms with E-state index in [1.54, 1.807) is 12.1 Å². The summed E-state index contributed by atoms with van der Waals surface area (Å²) in [4.78, 5) is 25.0. The number of halogens is 2. The van der Waals surface area contributed by atoms with Crippen molar-refractivity contribution in [3.8, 4) is 16.3 Å². The lowest BCUT2D eigenvalue weighted by Crippen LogP contribution is -2.48. The molecule has 0 unspecified atom stereocenters. The first-order valence-corrected chi connectivity index (χ1v) is 9.30. The molecule has 0 fully saturated rings. The van der Waals surface area contributed by atoms with Crippen LogP contribution in [0.5, 0.6) is 5.75 Å². The Bertz CT molecular complexity index is 1190. The van der Waals surface area contributed by atoms with Gasteiger partial charge in [0, 0.05) is 32.8 Å². The fourth-order valence-corrected chi connectivity index (χ4v) is 3.89. The molecule has 0 aliphatic carbocycles. The van der Waals surface area contributed by atoms with Crippen molar-refractivity contribution in [2.45, 2.75) is 13.1 Å². The molecule has 0 bridgehead atoms. The first-order valence-electron chi connectivity index (χ1n) is 8.48. The van der Waals surface area contributed by atoms with Crippen LogP contribution >= 0.6 is 11.3 Å². The van der Waals surface area contributed by atoms with E-state index in [-0.39, 0.29) is 34.9 Å². The van der Waals surface area contributed by atoms with Crippen molar-refractivity contribution in [2.24, 2.45) is 0 Å². The Morgan fingerprint density at radius 3 is 2.69 bits per heavy atom. The number of carbonyl (C=O) groups excluding carboxylic acids is 1. The number of carbonyl (C=O) groups is 1. The monoisotopic (exact) mass is 419 g/mol. The van der Waals surface area contributed by atoms with Crippen molar-refractivity contribution in [1.82, 2.24) is 24.8 Å². The number of rotatable bonds is 3. The molecule has 1 aliphatic heterocycles. The fraction of sp³-hybridized carbons (Fsp3) is 0.222. The number of nitrogens with zero attached hydrogens (tertiary/aromatic N) is 5. The van der Waals surface area contributed by atoms with Gasteiger partial charge in [-0.1, -0.05) is 17.4 Å². The lowest BCUT2D eigenvalue weighted by Gasteiger charge is -2.35. The lowest BCUT2D eigenvalue weighted by molar-refractivity contribution is -0.00995. The van der Waals surface area contributed by atoms with Crippen LogP contribution in [0, 0.1) is 11.6 Å². The normalized spacial score (nSPS) is 14.3. The van der Waals surface area contributed by atoms with Crippen molar-refractivity contribution in [2.75, 3.05) is 14.1 Å². The smallest absolute Gasteiger partial charge is 0.288 e. The Hall–Kier alpha value is -3.18. The molecule has 1 amide bonds. The number of hydrogen-bond donors (Lipinski definition) is 1. The quantitative estimate of drug-likeness (QED) is 0.697. The molecule has 1 N–H and O–H groups in total. The number of hydrogen-bond acceptors (Lipinski definition) is 7. The minimum Gasteiger partial charge on any atom is -0.503 e. The zero-order valence-electron chi connectivity index (χ0n) is 15.4. The summed E-state index contributed by atoms with van der Waals surface area (Å²) in [5, 5.41) is 21.8. The van der Waals surface area contributed by atoms with Crippen molar-refractivity contribution in [3.63, 3.8) is 0 Å². The summed E-state index contributed by atoms with van der Waals surface area (Å²) in [5.41, 5.74) is -0.509. The molecule has 11 heteroatoms. The molecular weight excluding hydrogens is 404 g/mol. The third-order valence-electron chi connectivity index (χ3n) is 4.68. The summed E-state index contributed by atoms with van der Waals surface area (Å²) in [5.74, 6) is -2.54. The van der Waals surface area contributed by atoms with E-state index in [9.17, 15) is 23.5 Å². The fourth-order valence-electron chi connectivity index (χ4n) is 3.02. The number of hydrazine groups is 1. The van der Waals surface area contributed by atoms with E-state index < -0.39 is 28.7 Å². The van der Waals surface area contributed by atoms with E-state index in [1.165, 1.54) is 28.9 Å². The van der Waals surface area contributed by atoms with E-state index in [4.69, 9.17) is 0 Å². The van der Waals surface area contributed by atoms with Gasteiger partial charge in [-0.25, -0.2) is 13.8 Å². The number of aromatic hydroxyl groups is 1. The van der Waals surface area contributed by atoms with Crippen LogP contribution in [0.25, 0.3) is 10.6 Å². The van der Waals surface area contributed by atoms with E-state index in [0.29, 0.717) is 5.01 Å². The van der Waals surface area contributed by atoms with Gasteiger partial charge in [-0.15, -0.1) is 10.2 Å². The van der Waals surface area contributed by atoms with E-state index in [0.717, 1.165) is 23.5 Å². The lowest BCUT2D eigenvalue weighted by atomic mass is 10.1. The number of amides is 1. The van der Waals surface area contributed by atoms with Gasteiger partial charge in [-0.05, 0) is 11.6 Å². The van der Waals surface area contributed by atoms with Crippen LogP contribution in [-0.4, -0.2) is 49.9 Å². The van der Waals surface area contributed by atoms with Crippen molar-refractivity contribution < 1.29 is 18.7 Å². The van der Waals surface area contributed by atoms with E-state index in [2.05, 4.69) is 10.2 Å². The second-order valence-electron chi connectivity index (χ2n) is 6.58. The summed E-state index contributed by atoms with van der Waals surface area (Å²) in [7, 11) is 3.23. The molecule has 2 aromatic heterocycles. The predicted octanol–water partition coefficient (Wildman–Crippen LogP) is 1.83. The highest BCUT2D eigenvalue weighted by molar-refractivity contribution is 7.14. The SMILES string of the molecule is CN1Cn2cc(-c3nnc(Cc4ccc(F)cc4F)s3)c(=O)c(O)c2C(=O)N1C. The van der Waals surface area contributed by atoms with Gasteiger partial charge in [-0.2, -0.15) is 0 Å². The highest BCUT2D eigenvalue weighted by Crippen LogP contribution is 2.28. The van der Waals surface area contributed by atoms with Crippen LogP contribution < -0.4 is 5.43 Å². The molecule has 8 nitrogen and oxygen atoms in total. The first kappa shape index (κ1) is 19.2. The molecule has 3 aromatic rings. The number of benzene rings is 1. The van der Waals surface area contributed by atoms with Crippen LogP contribution in [0.1, 0.15) is 21.1 Å². The zero-order chi connectivity index (χ0) is 20.9. The topological polar surface area (TPSA) is 91.6 Å². The van der Waals surface area contributed by atoms with E-state index in [1.807, 2.05) is 0 Å². The van der Waals surface area contributed by atoms with Gasteiger partial charge in [-0.3, -0.25) is 14.6 Å². The number of aromatic nitrogens is 3. The van der Waals surface area contributed by atoms with Gasteiger partial charge < -0.3 is 9.67 Å². The van der Waals surface area contributed by atoms with Crippen LogP contribution in [0.3, 0.4) is 0 Å². The summed E-state index contributed by atoms with van der Waals surface area (Å²) < 4.78 is 28.4. The largest absolute Gasteiger partial charge is 0.503 e. The minimum absolute atomic E-state index is 0.0774. The molecular formula is C18H15F2N5O3S. The number of fused-ring (bicyclic) bond motifs is 1. The highest BCUT2D eigenvalue weighted by atomic mass is 32.1. The molecule has 0 spiro atoms. The van der Waals surface area contributed by atoms with E-state index >= 15 is 0 Å². The van der Waals surface area contributed by atoms with Gasteiger partial charge in [0.05, 0.1) is 12.2 Å². The third-order valence-corrected chi connectivity index (χ3v) is 5.63. The molecule has 1 aromatic carbocycles. The summed E-state index contributed by atoms with van der Waals surface area (Å²) >= 11 is 1.05. The second kappa shape index (κ2) is 7.01. The number of pyridine rings is 1. The maximum atomic E-state index is 13.9. The first-order chi connectivity index (χ1) is 13.8. The Morgan fingerprint density at radius 2 is 1.97 bits per heavy atom. The standard InChI is InChI=1S/C18H15F2N5O3S/c1-23-8-25-7-11(15(26)16(27)14(25)18(28)24(23)2)17-22-21-13(29-17)5-9-3-4-10(19)6-12(9)20/h3-4,6-7,27H,5,8H2,1-2H3. The van der Waals surface area contributed by atoms with Crippen LogP contribution in [-0.2, 0) is 13.1 Å². The van der Waals surface area contributed by atoms with Gasteiger partial charge >= 0.3 is 0 Å². The van der Waals surface area contributed by atoms with Gasteiger partial charge in [0.2, 0.25) is 5.43 Å². The van der Waals surface area contributed by atoms with Crippen molar-refractivity contribution in [3.05, 3.63) is 62.5 Å². The summed E-state index contributed by atoms with van der Waals surface area (Å²) in [6, 6.07) is 3.26. The molecule has 0 radical (unpaired) electrons. The summed E-state index contributed by atoms with van der Waals surface area (Å²) in [6.07, 6.45) is 1.52. The van der Waals surface area contributed by atoms with Gasteiger partial charge in [0.1, 0.15) is 16.6 Å². The Balaban J connectivity index is 1.72. The van der Waals surface area contributed by atoms with Crippen molar-refractivity contribution in [1.29, 1.82) is 0 Å². The molecule has 3 heterocycles. The molecule has 150 valence electrons. The second-order valence-corrected chi connectivity index (χ2v) is 7.64. The molecule has 0 saturated carbocycles. The molecule has 4 rings (SSSR count). The molecule has 1 aliphatic rings. The Labute approximate surface area is 167 Å². The summed E-state index contributed by atoms with van der Waals surface area (Å²) in [6.45, 7) is 0.241. The Kier molecular flexibility index (Phi) is 4.63. The van der Waals surface area contributed by atoms with Crippen molar-refractivity contribution >= 4 is 17.2 Å². The average molecular weight is 419 g/mol. The van der Waals surface area contributed by atoms with Gasteiger partial charge in [0.25, 0.3) is 5.91 Å². The van der Waals surface area contributed by atoms with Crippen LogP contribution in [0.2, 0.25) is 0 Å². The maximum absolute atomic E-state index is 13.9. The van der Waals surface area contributed by atoms with Crippen LogP contribution in [0.4, 0.5) is 8.78 Å². The zero-order valence-corrected chi connectivity index (χ0v) is 16.2. The molecule has 0 atom stereocenters. The van der Waals surface area contributed by atoms with Gasteiger partial charge in [0.15, 0.2) is 16.5 Å². The molecule has 0 saturated heterocycles.